The zero-order valence-corrected chi connectivity index (χ0v) is 65.5. The fourth-order valence-corrected chi connectivity index (χ4v) is 11.7. The smallest absolute Gasteiger partial charge is 0.462 e. The maximum Gasteiger partial charge on any atom is 0.472 e. The van der Waals surface area contributed by atoms with Gasteiger partial charge in [-0.05, 0) is 135 Å². The Labute approximate surface area is 618 Å². The van der Waals surface area contributed by atoms with Crippen molar-refractivity contribution in [1.82, 2.24) is 0 Å². The molecule has 19 heteroatoms. The molecule has 0 aromatic carbocycles. The molecule has 0 bridgehead atoms. The van der Waals surface area contributed by atoms with E-state index in [0.717, 1.165) is 161 Å². The highest BCUT2D eigenvalue weighted by Crippen LogP contribution is 2.45. The summed E-state index contributed by atoms with van der Waals surface area (Å²) in [5.41, 5.74) is 0. The standard InChI is InChI=1S/C83H140O17P2/c1-5-9-13-17-21-25-29-32-34-36-38-40-42-45-49-52-56-60-64-68-81(86)94-74-79(100-83(88)70-66-62-58-54-50-46-43-41-39-37-35-33-30-26-22-18-14-10-6-2)76-98-102(91,92)96-72-77(84)71-95-101(89,90)97-75-78(99-82(87)69-65-61-57-53-47-28-24-20-16-12-8-4)73-93-80(85)67-63-59-55-51-48-44-31-27-23-19-15-11-7-3/h9-10,13-14,20-22,24-26,32-35,38-41,45-46,49-50,77-79,84H,5-8,11-12,15-19,23,27-31,36-37,42-44,47-48,51-76H2,1-4H3,(H,89,90)(H,91,92)/b13-9-,14-10-,24-20-,25-21-,26-22-,34-32-,35-33-,40-38-,41-39-,49-45-,50-46-. The quantitative estimate of drug-likeness (QED) is 0.0169. The Morgan fingerprint density at radius 1 is 0.284 bits per heavy atom. The van der Waals surface area contributed by atoms with Crippen molar-refractivity contribution in [3.63, 3.8) is 0 Å². The van der Waals surface area contributed by atoms with Crippen LogP contribution in [-0.4, -0.2) is 96.7 Å². The largest absolute Gasteiger partial charge is 0.472 e. The number of esters is 4. The minimum absolute atomic E-state index is 0.0444. The number of unbranched alkanes of at least 4 members (excludes halogenated alkanes) is 25. The molecule has 584 valence electrons. The van der Waals surface area contributed by atoms with E-state index in [1.165, 1.54) is 70.6 Å². The lowest BCUT2D eigenvalue weighted by atomic mass is 10.0. The summed E-state index contributed by atoms with van der Waals surface area (Å²) in [6.07, 6.45) is 83.0. The van der Waals surface area contributed by atoms with E-state index in [1.54, 1.807) is 0 Å². The Morgan fingerprint density at radius 3 is 0.833 bits per heavy atom. The molecule has 0 aliphatic heterocycles. The molecule has 0 saturated carbocycles. The first-order valence-electron chi connectivity index (χ1n) is 39.4. The molecule has 0 aromatic heterocycles. The van der Waals surface area contributed by atoms with Crippen LogP contribution in [0.4, 0.5) is 0 Å². The van der Waals surface area contributed by atoms with Gasteiger partial charge >= 0.3 is 39.5 Å². The van der Waals surface area contributed by atoms with Crippen molar-refractivity contribution in [2.75, 3.05) is 39.6 Å². The summed E-state index contributed by atoms with van der Waals surface area (Å²) < 4.78 is 68.5. The number of phosphoric acid groups is 2. The third-order valence-corrected chi connectivity index (χ3v) is 18.0. The Morgan fingerprint density at radius 2 is 0.520 bits per heavy atom. The van der Waals surface area contributed by atoms with Gasteiger partial charge in [0.1, 0.15) is 19.3 Å². The Balaban J connectivity index is 5.41. The first kappa shape index (κ1) is 97.2. The SMILES string of the molecule is CC/C=C\C/C=C\C/C=C\C/C=C\C/C=C\CCCCCC(=O)OCC(COP(=O)(O)OCC(O)COP(=O)(O)OCC(COC(=O)CCCCCCCCCCCCCCC)OC(=O)CCCCCCC/C=C\CCCC)OC(=O)CCCCC/C=C\C/C=C\C/C=C\C/C=C\C/C=C\CC. The molecule has 0 amide bonds. The van der Waals surface area contributed by atoms with Crippen molar-refractivity contribution in [1.29, 1.82) is 0 Å². The average molecular weight is 1470 g/mol. The van der Waals surface area contributed by atoms with Crippen LogP contribution in [0.2, 0.25) is 0 Å². The summed E-state index contributed by atoms with van der Waals surface area (Å²) in [5, 5.41) is 10.6. The molecule has 0 spiro atoms. The second kappa shape index (κ2) is 74.5. The molecule has 0 fully saturated rings. The molecule has 102 heavy (non-hydrogen) atoms. The molecule has 0 aliphatic carbocycles. The predicted octanol–water partition coefficient (Wildman–Crippen LogP) is 22.9. The third kappa shape index (κ3) is 73.5. The number of rotatable bonds is 73. The van der Waals surface area contributed by atoms with E-state index in [1.807, 2.05) is 0 Å². The van der Waals surface area contributed by atoms with Crippen LogP contribution in [0.15, 0.2) is 134 Å². The van der Waals surface area contributed by atoms with E-state index in [9.17, 15) is 43.2 Å². The summed E-state index contributed by atoms with van der Waals surface area (Å²) in [7, 11) is -9.98. The van der Waals surface area contributed by atoms with Crippen LogP contribution in [0.3, 0.4) is 0 Å². The Bertz CT molecular complexity index is 2460. The number of carbonyl (C=O) groups is 4. The van der Waals surface area contributed by atoms with Gasteiger partial charge in [-0.15, -0.1) is 0 Å². The molecular formula is C83H140O17P2. The number of aliphatic hydroxyl groups is 1. The van der Waals surface area contributed by atoms with Crippen molar-refractivity contribution >= 4 is 39.5 Å². The number of aliphatic hydroxyl groups excluding tert-OH is 1. The van der Waals surface area contributed by atoms with Crippen LogP contribution >= 0.6 is 15.6 Å². The van der Waals surface area contributed by atoms with Gasteiger partial charge in [-0.3, -0.25) is 37.3 Å². The molecule has 0 heterocycles. The Hall–Kier alpha value is -4.80. The lowest BCUT2D eigenvalue weighted by Crippen LogP contribution is -2.30. The first-order chi connectivity index (χ1) is 49.7. The number of allylic oxidation sites excluding steroid dienone is 22. The number of hydrogen-bond acceptors (Lipinski definition) is 15. The molecule has 17 nitrogen and oxygen atoms in total. The van der Waals surface area contributed by atoms with E-state index < -0.39 is 97.5 Å². The summed E-state index contributed by atoms with van der Waals surface area (Å²) in [6.45, 7) is 4.53. The topological polar surface area (TPSA) is 237 Å². The molecule has 5 atom stereocenters. The molecular weight excluding hydrogens is 1330 g/mol. The van der Waals surface area contributed by atoms with Gasteiger partial charge in [-0.2, -0.15) is 0 Å². The molecule has 3 N–H and O–H groups in total. The van der Waals surface area contributed by atoms with Crippen molar-refractivity contribution < 1.29 is 80.2 Å². The maximum atomic E-state index is 13.1. The third-order valence-electron chi connectivity index (χ3n) is 16.1. The van der Waals surface area contributed by atoms with E-state index in [4.69, 9.17) is 37.0 Å². The highest BCUT2D eigenvalue weighted by Gasteiger charge is 2.30. The van der Waals surface area contributed by atoms with Gasteiger partial charge in [0.05, 0.1) is 26.4 Å². The number of hydrogen-bond donors (Lipinski definition) is 3. The number of phosphoric ester groups is 2. The molecule has 0 rings (SSSR count). The molecule has 0 aromatic rings. The van der Waals surface area contributed by atoms with Crippen LogP contribution in [0.5, 0.6) is 0 Å². The van der Waals surface area contributed by atoms with Crippen molar-refractivity contribution in [3.05, 3.63) is 134 Å². The minimum Gasteiger partial charge on any atom is -0.462 e. The van der Waals surface area contributed by atoms with Crippen molar-refractivity contribution in [2.45, 2.75) is 329 Å². The second-order valence-electron chi connectivity index (χ2n) is 25.9. The van der Waals surface area contributed by atoms with Gasteiger partial charge in [0.2, 0.25) is 0 Å². The zero-order chi connectivity index (χ0) is 74.6. The van der Waals surface area contributed by atoms with E-state index in [2.05, 4.69) is 161 Å². The van der Waals surface area contributed by atoms with Crippen LogP contribution in [0.1, 0.15) is 310 Å². The van der Waals surface area contributed by atoms with Crippen LogP contribution in [0.25, 0.3) is 0 Å². The van der Waals surface area contributed by atoms with E-state index in [-0.39, 0.29) is 25.7 Å². The van der Waals surface area contributed by atoms with Gasteiger partial charge in [-0.1, -0.05) is 283 Å². The van der Waals surface area contributed by atoms with Gasteiger partial charge in [0, 0.05) is 25.7 Å². The summed E-state index contributed by atoms with van der Waals surface area (Å²) in [6, 6.07) is 0. The van der Waals surface area contributed by atoms with Gasteiger partial charge in [-0.25, -0.2) is 9.13 Å². The number of carbonyl (C=O) groups excluding carboxylic acids is 4. The molecule has 0 saturated heterocycles. The summed E-state index contributed by atoms with van der Waals surface area (Å²) in [5.74, 6) is -2.25. The summed E-state index contributed by atoms with van der Waals surface area (Å²) in [4.78, 5) is 72.9. The zero-order valence-electron chi connectivity index (χ0n) is 63.7. The minimum atomic E-state index is -5.00. The predicted molar refractivity (Wildman–Crippen MR) is 418 cm³/mol. The maximum absolute atomic E-state index is 13.1. The lowest BCUT2D eigenvalue weighted by Gasteiger charge is -2.21. The van der Waals surface area contributed by atoms with Crippen LogP contribution < -0.4 is 0 Å². The highest BCUT2D eigenvalue weighted by molar-refractivity contribution is 7.47. The van der Waals surface area contributed by atoms with Crippen molar-refractivity contribution in [3.8, 4) is 0 Å². The van der Waals surface area contributed by atoms with Crippen molar-refractivity contribution in [2.24, 2.45) is 0 Å². The second-order valence-corrected chi connectivity index (χ2v) is 28.8. The summed E-state index contributed by atoms with van der Waals surface area (Å²) >= 11 is 0. The average Bonchev–Trinajstić information content (AvgIpc) is 0.940. The van der Waals surface area contributed by atoms with Crippen LogP contribution in [-0.2, 0) is 65.4 Å². The fourth-order valence-electron chi connectivity index (χ4n) is 10.1. The van der Waals surface area contributed by atoms with Gasteiger partial charge in [0.25, 0.3) is 0 Å². The highest BCUT2D eigenvalue weighted by atomic mass is 31.2. The van der Waals surface area contributed by atoms with Crippen LogP contribution in [0, 0.1) is 0 Å². The fraction of sp³-hybridized carbons (Fsp3) is 0.687. The van der Waals surface area contributed by atoms with Gasteiger partial charge < -0.3 is 33.8 Å². The monoisotopic (exact) mass is 1470 g/mol. The number of ether oxygens (including phenoxy) is 4. The Kier molecular flexibility index (Phi) is 71.0. The molecule has 5 unspecified atom stereocenters. The lowest BCUT2D eigenvalue weighted by molar-refractivity contribution is -0.161. The molecule has 0 aliphatic rings. The molecule has 0 radical (unpaired) electrons. The van der Waals surface area contributed by atoms with E-state index >= 15 is 0 Å². The normalized spacial score (nSPS) is 14.6. The van der Waals surface area contributed by atoms with E-state index in [0.29, 0.717) is 25.7 Å². The first-order valence-corrected chi connectivity index (χ1v) is 42.4. The van der Waals surface area contributed by atoms with Gasteiger partial charge in [0.15, 0.2) is 12.2 Å².